The summed E-state index contributed by atoms with van der Waals surface area (Å²) in [5, 5.41) is 8.98. The normalized spacial score (nSPS) is 38.7. The lowest BCUT2D eigenvalue weighted by molar-refractivity contribution is -0.157. The van der Waals surface area contributed by atoms with Crippen molar-refractivity contribution in [2.75, 3.05) is 19.7 Å². The van der Waals surface area contributed by atoms with E-state index in [4.69, 9.17) is 9.84 Å². The number of aliphatic carboxylic acids is 1. The Balaban J connectivity index is 2.01. The van der Waals surface area contributed by atoms with Crippen LogP contribution in [0.15, 0.2) is 0 Å². The molecular formula is C10H14Br3NO3. The lowest BCUT2D eigenvalue weighted by Gasteiger charge is -2.38. The molecule has 7 heteroatoms. The third-order valence-electron chi connectivity index (χ3n) is 3.55. The zero-order valence-electron chi connectivity index (χ0n) is 9.33. The van der Waals surface area contributed by atoms with Gasteiger partial charge < -0.3 is 9.84 Å². The summed E-state index contributed by atoms with van der Waals surface area (Å²) >= 11 is 11.0. The molecule has 3 unspecified atom stereocenters. The van der Waals surface area contributed by atoms with Crippen molar-refractivity contribution in [3.63, 3.8) is 0 Å². The van der Waals surface area contributed by atoms with Gasteiger partial charge >= 0.3 is 5.97 Å². The molecule has 0 amide bonds. The second-order valence-electron chi connectivity index (χ2n) is 4.61. The molecule has 1 saturated heterocycles. The van der Waals surface area contributed by atoms with Crippen molar-refractivity contribution in [2.45, 2.75) is 33.0 Å². The molecule has 2 rings (SSSR count). The molecule has 0 aromatic heterocycles. The fraction of sp³-hybridized carbons (Fsp3) is 0.900. The summed E-state index contributed by atoms with van der Waals surface area (Å²) < 4.78 is 5.10. The molecule has 1 aliphatic heterocycles. The summed E-state index contributed by atoms with van der Waals surface area (Å²) in [5.74, 6) is -0.884. The first-order valence-corrected chi connectivity index (χ1v) is 7.81. The molecule has 2 fully saturated rings. The van der Waals surface area contributed by atoms with E-state index in [2.05, 4.69) is 59.6 Å². The van der Waals surface area contributed by atoms with E-state index in [0.29, 0.717) is 13.2 Å². The highest BCUT2D eigenvalue weighted by atomic mass is 79.9. The SMILES string of the molecule is CC(N1CCOC(C(=O)O)C1)C1(Br)CC1(Br)Br. The van der Waals surface area contributed by atoms with Crippen LogP contribution in [0.2, 0.25) is 0 Å². The third-order valence-corrected chi connectivity index (χ3v) is 8.21. The molecule has 1 saturated carbocycles. The largest absolute Gasteiger partial charge is 0.479 e. The fourth-order valence-corrected chi connectivity index (χ4v) is 5.20. The van der Waals surface area contributed by atoms with E-state index in [1.54, 1.807) is 0 Å². The average molecular weight is 436 g/mol. The Morgan fingerprint density at radius 2 is 2.12 bits per heavy atom. The molecular weight excluding hydrogens is 422 g/mol. The number of nitrogens with zero attached hydrogens (tertiary/aromatic N) is 1. The molecule has 2 aliphatic rings. The molecule has 3 atom stereocenters. The van der Waals surface area contributed by atoms with Crippen LogP contribution in [0.5, 0.6) is 0 Å². The van der Waals surface area contributed by atoms with Crippen LogP contribution in [0.25, 0.3) is 0 Å². The second-order valence-corrected chi connectivity index (χ2v) is 9.80. The quantitative estimate of drug-likeness (QED) is 0.690. The molecule has 1 heterocycles. The van der Waals surface area contributed by atoms with E-state index in [9.17, 15) is 4.79 Å². The topological polar surface area (TPSA) is 49.8 Å². The Morgan fingerprint density at radius 1 is 1.53 bits per heavy atom. The maximum Gasteiger partial charge on any atom is 0.334 e. The van der Waals surface area contributed by atoms with Gasteiger partial charge in [0, 0.05) is 19.1 Å². The minimum Gasteiger partial charge on any atom is -0.479 e. The fourth-order valence-electron chi connectivity index (χ4n) is 2.19. The summed E-state index contributed by atoms with van der Waals surface area (Å²) in [6.45, 7) is 3.81. The van der Waals surface area contributed by atoms with Gasteiger partial charge in [-0.05, 0) is 13.3 Å². The number of carboxylic acids is 1. The predicted molar refractivity (Wildman–Crippen MR) is 75.3 cm³/mol. The van der Waals surface area contributed by atoms with Gasteiger partial charge in [-0.3, -0.25) is 4.90 Å². The highest BCUT2D eigenvalue weighted by Crippen LogP contribution is 2.67. The van der Waals surface area contributed by atoms with Crippen molar-refractivity contribution in [3.05, 3.63) is 0 Å². The van der Waals surface area contributed by atoms with Crippen LogP contribution in [0.1, 0.15) is 13.3 Å². The minimum atomic E-state index is -0.884. The number of ether oxygens (including phenoxy) is 1. The van der Waals surface area contributed by atoms with Gasteiger partial charge in [0.25, 0.3) is 0 Å². The second kappa shape index (κ2) is 4.74. The highest BCUT2D eigenvalue weighted by molar-refractivity contribution is 9.26. The van der Waals surface area contributed by atoms with E-state index >= 15 is 0 Å². The van der Waals surface area contributed by atoms with Gasteiger partial charge in [0.15, 0.2) is 6.10 Å². The first-order chi connectivity index (χ1) is 7.78. The van der Waals surface area contributed by atoms with Crippen molar-refractivity contribution in [1.82, 2.24) is 4.90 Å². The van der Waals surface area contributed by atoms with Crippen LogP contribution in [0.4, 0.5) is 0 Å². The molecule has 0 aromatic rings. The Kier molecular flexibility index (Phi) is 3.97. The number of carbonyl (C=O) groups is 1. The van der Waals surface area contributed by atoms with Crippen molar-refractivity contribution in [2.24, 2.45) is 0 Å². The maximum absolute atomic E-state index is 10.9. The van der Waals surface area contributed by atoms with Gasteiger partial charge in [-0.1, -0.05) is 47.8 Å². The number of morpholine rings is 1. The third kappa shape index (κ3) is 2.59. The molecule has 1 N–H and O–H groups in total. The predicted octanol–water partition coefficient (Wildman–Crippen LogP) is 2.18. The first kappa shape index (κ1) is 14.2. The monoisotopic (exact) mass is 433 g/mol. The van der Waals surface area contributed by atoms with Crippen LogP contribution >= 0.6 is 47.8 Å². The van der Waals surface area contributed by atoms with Crippen molar-refractivity contribution < 1.29 is 14.6 Å². The zero-order valence-corrected chi connectivity index (χ0v) is 14.1. The summed E-state index contributed by atoms with van der Waals surface area (Å²) in [6, 6.07) is 0.243. The van der Waals surface area contributed by atoms with Crippen molar-refractivity contribution in [3.8, 4) is 0 Å². The van der Waals surface area contributed by atoms with E-state index in [-0.39, 0.29) is 13.6 Å². The van der Waals surface area contributed by atoms with E-state index in [0.717, 1.165) is 13.0 Å². The number of hydrogen-bond acceptors (Lipinski definition) is 3. The Hall–Kier alpha value is 0.830. The van der Waals surface area contributed by atoms with Crippen molar-refractivity contribution >= 4 is 53.8 Å². The molecule has 0 aromatic carbocycles. The first-order valence-electron chi connectivity index (χ1n) is 5.43. The smallest absolute Gasteiger partial charge is 0.334 e. The van der Waals surface area contributed by atoms with Crippen LogP contribution in [-0.4, -0.2) is 55.4 Å². The number of halogens is 3. The molecule has 0 spiro atoms. The molecule has 0 bridgehead atoms. The van der Waals surface area contributed by atoms with Crippen LogP contribution in [-0.2, 0) is 9.53 Å². The highest BCUT2D eigenvalue weighted by Gasteiger charge is 2.67. The van der Waals surface area contributed by atoms with Crippen LogP contribution in [0, 0.1) is 0 Å². The molecule has 17 heavy (non-hydrogen) atoms. The van der Waals surface area contributed by atoms with Gasteiger partial charge in [0.1, 0.15) is 0 Å². The maximum atomic E-state index is 10.9. The summed E-state index contributed by atoms with van der Waals surface area (Å²) in [5.41, 5.74) is 0. The van der Waals surface area contributed by atoms with Gasteiger partial charge in [0.2, 0.25) is 0 Å². The van der Waals surface area contributed by atoms with Crippen LogP contribution < -0.4 is 0 Å². The van der Waals surface area contributed by atoms with Crippen molar-refractivity contribution in [1.29, 1.82) is 0 Å². The van der Waals surface area contributed by atoms with E-state index in [1.807, 2.05) is 0 Å². The lowest BCUT2D eigenvalue weighted by Crippen LogP contribution is -2.53. The summed E-state index contributed by atoms with van der Waals surface area (Å²) in [4.78, 5) is 13.1. The van der Waals surface area contributed by atoms with Gasteiger partial charge in [0.05, 0.1) is 14.2 Å². The van der Waals surface area contributed by atoms with Gasteiger partial charge in [-0.25, -0.2) is 4.79 Å². The summed E-state index contributed by atoms with van der Waals surface area (Å²) in [7, 11) is 0. The van der Waals surface area contributed by atoms with Crippen LogP contribution in [0.3, 0.4) is 0 Å². The number of carboxylic acid groups (broad SMARTS) is 1. The number of hydrogen-bond donors (Lipinski definition) is 1. The summed E-state index contributed by atoms with van der Waals surface area (Å²) in [6.07, 6.45) is 0.261. The lowest BCUT2D eigenvalue weighted by atomic mass is 10.1. The zero-order chi connectivity index (χ0) is 12.8. The molecule has 4 nitrogen and oxygen atoms in total. The average Bonchev–Trinajstić information content (AvgIpc) is 2.78. The Labute approximate surface area is 125 Å². The molecule has 0 radical (unpaired) electrons. The number of alkyl halides is 3. The standard InChI is InChI=1S/C10H14Br3NO3/c1-6(9(11)5-10(9,12)13)14-2-3-17-7(4-14)8(15)16/h6-7H,2-5H2,1H3,(H,15,16). The van der Waals surface area contributed by atoms with Gasteiger partial charge in [-0.2, -0.15) is 0 Å². The molecule has 1 aliphatic carbocycles. The minimum absolute atomic E-state index is 0.0413. The number of rotatable bonds is 3. The Bertz CT molecular complexity index is 339. The Morgan fingerprint density at radius 3 is 2.59 bits per heavy atom. The van der Waals surface area contributed by atoms with E-state index in [1.165, 1.54) is 0 Å². The van der Waals surface area contributed by atoms with Gasteiger partial charge in [-0.15, -0.1) is 0 Å². The van der Waals surface area contributed by atoms with E-state index < -0.39 is 12.1 Å². The molecule has 98 valence electrons.